The summed E-state index contributed by atoms with van der Waals surface area (Å²) in [7, 11) is 5.23. The highest BCUT2D eigenvalue weighted by atomic mass is 16.5. The molecule has 0 saturated carbocycles. The van der Waals surface area contributed by atoms with Crippen LogP contribution in [0.1, 0.15) is 37.9 Å². The van der Waals surface area contributed by atoms with E-state index in [1.54, 1.807) is 0 Å². The predicted molar refractivity (Wildman–Crippen MR) is 95.5 cm³/mol. The van der Waals surface area contributed by atoms with Gasteiger partial charge in [-0.3, -0.25) is 9.78 Å². The number of carbonyl (C=O) groups is 2. The lowest BCUT2D eigenvalue weighted by molar-refractivity contribution is 0.0600. The fourth-order valence-corrected chi connectivity index (χ4v) is 2.47. The Balaban J connectivity index is 2.09. The van der Waals surface area contributed by atoms with E-state index in [9.17, 15) is 9.59 Å². The van der Waals surface area contributed by atoms with Gasteiger partial charge in [-0.05, 0) is 32.6 Å². The van der Waals surface area contributed by atoms with Crippen LogP contribution >= 0.6 is 0 Å². The molecule has 0 saturated heterocycles. The van der Waals surface area contributed by atoms with Gasteiger partial charge in [0.1, 0.15) is 0 Å². The molecule has 0 unspecified atom stereocenters. The number of methoxy groups -OCH3 is 1. The topological polar surface area (TPSA) is 71.5 Å². The molecule has 0 aliphatic carbocycles. The predicted octanol–water partition coefficient (Wildman–Crippen LogP) is 2.21. The number of esters is 1. The molecule has 1 amide bonds. The zero-order valence-corrected chi connectivity index (χ0v) is 14.9. The maximum absolute atomic E-state index is 12.4. The molecule has 0 radical (unpaired) electrons. The highest BCUT2D eigenvalue weighted by molar-refractivity contribution is 5.97. The molecule has 0 fully saturated rings. The molecule has 1 aromatic carbocycles. The fraction of sp³-hybridized carbons (Fsp3) is 0.316. The van der Waals surface area contributed by atoms with E-state index in [2.05, 4.69) is 39.3 Å². The van der Waals surface area contributed by atoms with Crippen LogP contribution in [0.25, 0.3) is 0 Å². The number of hydrogen-bond acceptors (Lipinski definition) is 5. The molecule has 1 atom stereocenters. The molecule has 0 aliphatic heterocycles. The van der Waals surface area contributed by atoms with E-state index in [1.807, 2.05) is 25.9 Å². The van der Waals surface area contributed by atoms with E-state index in [0.29, 0.717) is 12.1 Å². The number of nitrogens with zero attached hydrogens (tertiary/aromatic N) is 2. The minimum absolute atomic E-state index is 0.0429. The van der Waals surface area contributed by atoms with E-state index in [1.165, 1.54) is 31.1 Å². The summed E-state index contributed by atoms with van der Waals surface area (Å²) in [6.45, 7) is 2.48. The van der Waals surface area contributed by atoms with Crippen LogP contribution in [0.3, 0.4) is 0 Å². The van der Waals surface area contributed by atoms with Crippen LogP contribution in [0.15, 0.2) is 42.7 Å². The van der Waals surface area contributed by atoms with E-state index < -0.39 is 5.97 Å². The Hall–Kier alpha value is -2.73. The summed E-state index contributed by atoms with van der Waals surface area (Å²) in [5.41, 5.74) is 2.88. The number of benzene rings is 1. The number of ether oxygens (including phenoxy) is 1. The van der Waals surface area contributed by atoms with E-state index in [0.717, 1.165) is 5.56 Å². The summed E-state index contributed by atoms with van der Waals surface area (Å²) in [5.74, 6) is -0.801. The second kappa shape index (κ2) is 8.39. The van der Waals surface area contributed by atoms with E-state index in [4.69, 9.17) is 0 Å². The Labute approximate surface area is 147 Å². The smallest absolute Gasteiger partial charge is 0.339 e. The fourth-order valence-electron chi connectivity index (χ4n) is 2.47. The first-order chi connectivity index (χ1) is 11.9. The Morgan fingerprint density at radius 1 is 1.16 bits per heavy atom. The molecular formula is C19H23N3O3. The lowest BCUT2D eigenvalue weighted by Crippen LogP contribution is -2.34. The zero-order chi connectivity index (χ0) is 18.4. The summed E-state index contributed by atoms with van der Waals surface area (Å²) >= 11 is 0. The second-order valence-electron chi connectivity index (χ2n) is 6.05. The number of carbonyl (C=O) groups excluding carboxylic acids is 2. The van der Waals surface area contributed by atoms with Crippen LogP contribution in [-0.2, 0) is 4.74 Å². The van der Waals surface area contributed by atoms with Gasteiger partial charge in [-0.25, -0.2) is 4.79 Å². The molecule has 6 heteroatoms. The average Bonchev–Trinajstić information content (AvgIpc) is 2.62. The first-order valence-corrected chi connectivity index (χ1v) is 7.97. The van der Waals surface area contributed by atoms with Crippen molar-refractivity contribution in [2.24, 2.45) is 0 Å². The van der Waals surface area contributed by atoms with Crippen molar-refractivity contribution in [1.82, 2.24) is 15.2 Å². The van der Waals surface area contributed by atoms with Gasteiger partial charge in [-0.1, -0.05) is 29.8 Å². The Morgan fingerprint density at radius 3 is 2.40 bits per heavy atom. The van der Waals surface area contributed by atoms with Crippen molar-refractivity contribution in [2.75, 3.05) is 27.7 Å². The van der Waals surface area contributed by atoms with Crippen molar-refractivity contribution in [2.45, 2.75) is 13.0 Å². The van der Waals surface area contributed by atoms with E-state index in [-0.39, 0.29) is 17.5 Å². The Bertz CT molecular complexity index is 742. The molecule has 2 aromatic rings. The molecule has 25 heavy (non-hydrogen) atoms. The average molecular weight is 341 g/mol. The lowest BCUT2D eigenvalue weighted by Gasteiger charge is -2.25. The first kappa shape index (κ1) is 18.6. The van der Waals surface area contributed by atoms with Gasteiger partial charge in [0.25, 0.3) is 5.91 Å². The quantitative estimate of drug-likeness (QED) is 0.816. The van der Waals surface area contributed by atoms with Crippen molar-refractivity contribution in [1.29, 1.82) is 0 Å². The third-order valence-corrected chi connectivity index (χ3v) is 3.96. The van der Waals surface area contributed by atoms with Crippen molar-refractivity contribution >= 4 is 11.9 Å². The van der Waals surface area contributed by atoms with Crippen LogP contribution < -0.4 is 5.32 Å². The molecule has 1 N–H and O–H groups in total. The van der Waals surface area contributed by atoms with E-state index >= 15 is 0 Å². The minimum Gasteiger partial charge on any atom is -0.465 e. The van der Waals surface area contributed by atoms with Gasteiger partial charge in [0, 0.05) is 18.9 Å². The van der Waals surface area contributed by atoms with Gasteiger partial charge < -0.3 is 15.0 Å². The SMILES string of the molecule is COC(=O)c1cncc(C(=O)NC[C@@H](c2ccc(C)cc2)N(C)C)c1. The largest absolute Gasteiger partial charge is 0.465 e. The molecule has 0 spiro atoms. The van der Waals surface area contributed by atoms with Crippen molar-refractivity contribution in [3.8, 4) is 0 Å². The van der Waals surface area contributed by atoms with Crippen molar-refractivity contribution in [3.05, 3.63) is 65.0 Å². The number of likely N-dealkylation sites (N-methyl/N-ethyl adjacent to an activating group) is 1. The minimum atomic E-state index is -0.520. The van der Waals surface area contributed by atoms with Gasteiger partial charge in [0.05, 0.1) is 24.3 Å². The molecule has 6 nitrogen and oxygen atoms in total. The van der Waals surface area contributed by atoms with Gasteiger partial charge >= 0.3 is 5.97 Å². The molecular weight excluding hydrogens is 318 g/mol. The first-order valence-electron chi connectivity index (χ1n) is 7.97. The molecule has 1 aromatic heterocycles. The number of amides is 1. The zero-order valence-electron chi connectivity index (χ0n) is 14.9. The number of rotatable bonds is 6. The maximum atomic E-state index is 12.4. The van der Waals surface area contributed by atoms with Crippen molar-refractivity contribution in [3.63, 3.8) is 0 Å². The van der Waals surface area contributed by atoms with Gasteiger partial charge in [0.15, 0.2) is 0 Å². The van der Waals surface area contributed by atoms with Gasteiger partial charge in [-0.2, -0.15) is 0 Å². The van der Waals surface area contributed by atoms with Crippen LogP contribution in [-0.4, -0.2) is 49.5 Å². The maximum Gasteiger partial charge on any atom is 0.339 e. The van der Waals surface area contributed by atoms with Crippen molar-refractivity contribution < 1.29 is 14.3 Å². The summed E-state index contributed by atoms with van der Waals surface area (Å²) in [6.07, 6.45) is 2.80. The normalized spacial score (nSPS) is 11.9. The molecule has 132 valence electrons. The second-order valence-corrected chi connectivity index (χ2v) is 6.05. The van der Waals surface area contributed by atoms with Gasteiger partial charge in [0.2, 0.25) is 0 Å². The summed E-state index contributed by atoms with van der Waals surface area (Å²) in [6, 6.07) is 9.75. The Morgan fingerprint density at radius 2 is 1.80 bits per heavy atom. The van der Waals surface area contributed by atoms with Gasteiger partial charge in [-0.15, -0.1) is 0 Å². The third-order valence-electron chi connectivity index (χ3n) is 3.96. The summed E-state index contributed by atoms with van der Waals surface area (Å²) in [5, 5.41) is 2.90. The number of hydrogen-bond donors (Lipinski definition) is 1. The standard InChI is InChI=1S/C19H23N3O3/c1-13-5-7-14(8-6-13)17(22(2)3)12-21-18(23)15-9-16(11-20-10-15)19(24)25-4/h5-11,17H,12H2,1-4H3,(H,21,23)/t17-/m0/s1. The molecule has 0 aliphatic rings. The van der Waals surface area contributed by atoms with Crippen LogP contribution in [0.4, 0.5) is 0 Å². The number of nitrogens with one attached hydrogen (secondary N) is 1. The van der Waals surface area contributed by atoms with Crippen LogP contribution in [0, 0.1) is 6.92 Å². The summed E-state index contributed by atoms with van der Waals surface area (Å²) in [4.78, 5) is 29.9. The monoisotopic (exact) mass is 341 g/mol. The molecule has 0 bridgehead atoms. The molecule has 1 heterocycles. The molecule has 2 rings (SSSR count). The van der Waals surface area contributed by atoms with Crippen LogP contribution in [0.5, 0.6) is 0 Å². The highest BCUT2D eigenvalue weighted by Gasteiger charge is 2.17. The number of aryl methyl sites for hydroxylation is 1. The highest BCUT2D eigenvalue weighted by Crippen LogP contribution is 2.18. The third kappa shape index (κ3) is 4.87. The Kier molecular flexibility index (Phi) is 6.25. The number of aromatic nitrogens is 1. The number of pyridine rings is 1. The van der Waals surface area contributed by atoms with Crippen LogP contribution in [0.2, 0.25) is 0 Å². The lowest BCUT2D eigenvalue weighted by atomic mass is 10.0. The summed E-state index contributed by atoms with van der Waals surface area (Å²) < 4.78 is 4.65.